The van der Waals surface area contributed by atoms with Gasteiger partial charge < -0.3 is 20.1 Å². The second-order valence-electron chi connectivity index (χ2n) is 5.77. The number of hydrogen-bond acceptors (Lipinski definition) is 3. The van der Waals surface area contributed by atoms with Gasteiger partial charge in [-0.25, -0.2) is 4.79 Å². The number of urea groups is 1. The van der Waals surface area contributed by atoms with Crippen molar-refractivity contribution in [2.75, 3.05) is 32.1 Å². The number of methoxy groups -OCH3 is 1. The molecule has 1 aliphatic heterocycles. The number of aliphatic hydroxyl groups excluding tert-OH is 1. The fourth-order valence-corrected chi connectivity index (χ4v) is 2.94. The highest BCUT2D eigenvalue weighted by atomic mass is 35.5. The van der Waals surface area contributed by atoms with E-state index in [4.69, 9.17) is 16.3 Å². The number of halogens is 1. The smallest absolute Gasteiger partial charge is 0.321 e. The fraction of sp³-hybridized carbons (Fsp3) is 0.562. The number of carbonyl (C=O) groups is 1. The Morgan fingerprint density at radius 3 is 2.64 bits per heavy atom. The number of nitrogens with one attached hydrogen (secondary N) is 1. The van der Waals surface area contributed by atoms with Crippen molar-refractivity contribution in [2.45, 2.75) is 26.2 Å². The average Bonchev–Trinajstić information content (AvgIpc) is 2.56. The molecule has 1 fully saturated rings. The lowest BCUT2D eigenvalue weighted by molar-refractivity contribution is 0.0542. The average molecular weight is 327 g/mol. The second-order valence-corrected chi connectivity index (χ2v) is 6.18. The van der Waals surface area contributed by atoms with Crippen LogP contribution in [0.2, 0.25) is 5.02 Å². The van der Waals surface area contributed by atoms with Gasteiger partial charge in [0.1, 0.15) is 5.75 Å². The summed E-state index contributed by atoms with van der Waals surface area (Å²) >= 11 is 6.14. The molecule has 2 rings (SSSR count). The molecular weight excluding hydrogens is 304 g/mol. The third kappa shape index (κ3) is 3.65. The third-order valence-corrected chi connectivity index (χ3v) is 4.93. The van der Waals surface area contributed by atoms with Gasteiger partial charge in [-0.2, -0.15) is 0 Å². The van der Waals surface area contributed by atoms with Gasteiger partial charge in [0.2, 0.25) is 0 Å². The van der Waals surface area contributed by atoms with E-state index in [9.17, 15) is 9.90 Å². The molecule has 0 aliphatic carbocycles. The Balaban J connectivity index is 1.96. The van der Waals surface area contributed by atoms with Gasteiger partial charge in [0, 0.05) is 25.8 Å². The van der Waals surface area contributed by atoms with Crippen molar-refractivity contribution in [1.29, 1.82) is 0 Å². The van der Waals surface area contributed by atoms with Gasteiger partial charge in [-0.3, -0.25) is 0 Å². The lowest BCUT2D eigenvalue weighted by Crippen LogP contribution is -2.46. The van der Waals surface area contributed by atoms with Gasteiger partial charge >= 0.3 is 6.03 Å². The first-order chi connectivity index (χ1) is 10.5. The van der Waals surface area contributed by atoms with E-state index in [1.165, 1.54) is 0 Å². The number of benzene rings is 1. The third-order valence-electron chi connectivity index (χ3n) is 4.61. The monoisotopic (exact) mass is 326 g/mol. The highest BCUT2D eigenvalue weighted by Crippen LogP contribution is 2.34. The van der Waals surface area contributed by atoms with E-state index in [1.54, 1.807) is 30.2 Å². The highest BCUT2D eigenvalue weighted by molar-refractivity contribution is 6.33. The molecule has 0 unspecified atom stereocenters. The maximum absolute atomic E-state index is 12.3. The molecular formula is C16H23ClN2O3. The van der Waals surface area contributed by atoms with Crippen molar-refractivity contribution in [1.82, 2.24) is 4.90 Å². The molecule has 1 aromatic rings. The van der Waals surface area contributed by atoms with Crippen molar-refractivity contribution >= 4 is 23.3 Å². The van der Waals surface area contributed by atoms with Gasteiger partial charge in [0.05, 0.1) is 17.8 Å². The maximum atomic E-state index is 12.3. The van der Waals surface area contributed by atoms with Crippen LogP contribution in [0.4, 0.5) is 10.5 Å². The summed E-state index contributed by atoms with van der Waals surface area (Å²) < 4.78 is 5.09. The molecule has 1 heterocycles. The van der Waals surface area contributed by atoms with E-state index in [2.05, 4.69) is 12.2 Å². The summed E-state index contributed by atoms with van der Waals surface area (Å²) in [5, 5.41) is 12.8. The van der Waals surface area contributed by atoms with Gasteiger partial charge in [0.15, 0.2) is 0 Å². The van der Waals surface area contributed by atoms with Crippen molar-refractivity contribution in [3.8, 4) is 5.75 Å². The van der Waals surface area contributed by atoms with Crippen LogP contribution in [0.15, 0.2) is 18.2 Å². The first-order valence-electron chi connectivity index (χ1n) is 7.54. The SMILES string of the molecule is CCC1(CO)CCN(C(=O)Nc2ccc(OC)cc2Cl)CC1. The van der Waals surface area contributed by atoms with Crippen LogP contribution in [0.3, 0.4) is 0 Å². The topological polar surface area (TPSA) is 61.8 Å². The van der Waals surface area contributed by atoms with Gasteiger partial charge in [-0.15, -0.1) is 0 Å². The van der Waals surface area contributed by atoms with E-state index < -0.39 is 0 Å². The zero-order valence-corrected chi connectivity index (χ0v) is 13.8. The Kier molecular flexibility index (Phi) is 5.53. The summed E-state index contributed by atoms with van der Waals surface area (Å²) in [6.45, 7) is 3.56. The molecule has 1 aliphatic rings. The number of piperidine rings is 1. The molecule has 0 bridgehead atoms. The predicted octanol–water partition coefficient (Wildman–Crippen LogP) is 3.37. The minimum Gasteiger partial charge on any atom is -0.497 e. The number of rotatable bonds is 4. The molecule has 22 heavy (non-hydrogen) atoms. The largest absolute Gasteiger partial charge is 0.497 e. The molecule has 0 atom stereocenters. The molecule has 1 aromatic carbocycles. The fourth-order valence-electron chi connectivity index (χ4n) is 2.73. The number of nitrogens with zero attached hydrogens (tertiary/aromatic N) is 1. The van der Waals surface area contributed by atoms with E-state index in [-0.39, 0.29) is 18.1 Å². The zero-order valence-electron chi connectivity index (χ0n) is 13.1. The number of ether oxygens (including phenoxy) is 1. The summed E-state index contributed by atoms with van der Waals surface area (Å²) in [5.41, 5.74) is 0.538. The summed E-state index contributed by atoms with van der Waals surface area (Å²) in [6, 6.07) is 4.99. The van der Waals surface area contributed by atoms with Crippen LogP contribution in [-0.4, -0.2) is 42.8 Å². The lowest BCUT2D eigenvalue weighted by Gasteiger charge is -2.40. The Morgan fingerprint density at radius 2 is 2.14 bits per heavy atom. The van der Waals surface area contributed by atoms with E-state index in [0.717, 1.165) is 19.3 Å². The molecule has 122 valence electrons. The van der Waals surface area contributed by atoms with Crippen molar-refractivity contribution in [2.24, 2.45) is 5.41 Å². The van der Waals surface area contributed by atoms with Crippen molar-refractivity contribution in [3.05, 3.63) is 23.2 Å². The van der Waals surface area contributed by atoms with E-state index >= 15 is 0 Å². The van der Waals surface area contributed by atoms with Crippen LogP contribution in [0.25, 0.3) is 0 Å². The van der Waals surface area contributed by atoms with E-state index in [1.807, 2.05) is 0 Å². The molecule has 6 heteroatoms. The van der Waals surface area contributed by atoms with Crippen LogP contribution < -0.4 is 10.1 Å². The number of amides is 2. The lowest BCUT2D eigenvalue weighted by atomic mass is 9.77. The Hall–Kier alpha value is -1.46. The summed E-state index contributed by atoms with van der Waals surface area (Å²) in [5.74, 6) is 0.650. The first kappa shape index (κ1) is 16.9. The summed E-state index contributed by atoms with van der Waals surface area (Å²) in [4.78, 5) is 14.1. The molecule has 0 spiro atoms. The van der Waals surface area contributed by atoms with Crippen molar-refractivity contribution in [3.63, 3.8) is 0 Å². The van der Waals surface area contributed by atoms with Gasteiger partial charge in [-0.05, 0) is 36.8 Å². The predicted molar refractivity (Wildman–Crippen MR) is 87.6 cm³/mol. The standard InChI is InChI=1S/C16H23ClN2O3/c1-3-16(11-20)6-8-19(9-7-16)15(21)18-14-5-4-12(22-2)10-13(14)17/h4-5,10,20H,3,6-9,11H2,1-2H3,(H,18,21). The molecule has 5 nitrogen and oxygen atoms in total. The minimum atomic E-state index is -0.158. The number of likely N-dealkylation sites (tertiary alicyclic amines) is 1. The van der Waals surface area contributed by atoms with Crippen LogP contribution in [0.1, 0.15) is 26.2 Å². The van der Waals surface area contributed by atoms with Crippen LogP contribution in [-0.2, 0) is 0 Å². The molecule has 1 saturated heterocycles. The summed E-state index contributed by atoms with van der Waals surface area (Å²) in [6.07, 6.45) is 2.58. The van der Waals surface area contributed by atoms with Crippen molar-refractivity contribution < 1.29 is 14.6 Å². The van der Waals surface area contributed by atoms with Gasteiger partial charge in [0.25, 0.3) is 0 Å². The number of anilines is 1. The second kappa shape index (κ2) is 7.20. The number of carbonyl (C=O) groups excluding carboxylic acids is 1. The Labute approximate surface area is 136 Å². The van der Waals surface area contributed by atoms with Crippen LogP contribution >= 0.6 is 11.6 Å². The first-order valence-corrected chi connectivity index (χ1v) is 7.92. The molecule has 2 amide bonds. The highest BCUT2D eigenvalue weighted by Gasteiger charge is 2.33. The summed E-state index contributed by atoms with van der Waals surface area (Å²) in [7, 11) is 1.57. The minimum absolute atomic E-state index is 0.0332. The normalized spacial score (nSPS) is 17.2. The maximum Gasteiger partial charge on any atom is 0.321 e. The Morgan fingerprint density at radius 1 is 1.45 bits per heavy atom. The molecule has 0 aromatic heterocycles. The van der Waals surface area contributed by atoms with Gasteiger partial charge in [-0.1, -0.05) is 18.5 Å². The molecule has 0 saturated carbocycles. The number of aliphatic hydroxyl groups is 1. The quantitative estimate of drug-likeness (QED) is 0.891. The number of hydrogen-bond donors (Lipinski definition) is 2. The van der Waals surface area contributed by atoms with Crippen LogP contribution in [0.5, 0.6) is 5.75 Å². The Bertz CT molecular complexity index is 522. The van der Waals surface area contributed by atoms with E-state index in [0.29, 0.717) is 29.5 Å². The zero-order chi connectivity index (χ0) is 16.2. The molecule has 2 N–H and O–H groups in total. The van der Waals surface area contributed by atoms with Crippen LogP contribution in [0, 0.1) is 5.41 Å². The molecule has 0 radical (unpaired) electrons.